The minimum absolute atomic E-state index is 0.0101. The fraction of sp³-hybridized carbons (Fsp3) is 0.619. The van der Waals surface area contributed by atoms with Crippen molar-refractivity contribution in [2.45, 2.75) is 64.0 Å². The van der Waals surface area contributed by atoms with Crippen LogP contribution < -0.4 is 5.32 Å². The van der Waals surface area contributed by atoms with Crippen LogP contribution >= 0.6 is 0 Å². The van der Waals surface area contributed by atoms with Gasteiger partial charge in [0.25, 0.3) is 12.3 Å². The van der Waals surface area contributed by atoms with Gasteiger partial charge in [-0.1, -0.05) is 0 Å². The van der Waals surface area contributed by atoms with E-state index >= 15 is 0 Å². The molecule has 3 aliphatic rings. The molecular formula is C21H25F2N5O3. The Labute approximate surface area is 178 Å². The second kappa shape index (κ2) is 7.72. The fourth-order valence-corrected chi connectivity index (χ4v) is 5.22. The third-order valence-corrected chi connectivity index (χ3v) is 6.80. The summed E-state index contributed by atoms with van der Waals surface area (Å²) in [5.41, 5.74) is 1.18. The average Bonchev–Trinajstić information content (AvgIpc) is 3.37. The lowest BCUT2D eigenvalue weighted by molar-refractivity contribution is 0.0490. The van der Waals surface area contributed by atoms with Gasteiger partial charge in [0.15, 0.2) is 11.5 Å². The minimum Gasteiger partial charge on any atom is -0.455 e. The summed E-state index contributed by atoms with van der Waals surface area (Å²) in [4.78, 5) is 31.3. The molecule has 0 saturated carbocycles. The Morgan fingerprint density at radius 2 is 2.16 bits per heavy atom. The van der Waals surface area contributed by atoms with E-state index in [0.29, 0.717) is 48.8 Å². The molecule has 3 atom stereocenters. The third-order valence-electron chi connectivity index (χ3n) is 6.80. The van der Waals surface area contributed by atoms with E-state index in [-0.39, 0.29) is 35.8 Å². The van der Waals surface area contributed by atoms with Gasteiger partial charge in [-0.25, -0.2) is 13.5 Å². The molecule has 0 aromatic carbocycles. The number of furan rings is 1. The van der Waals surface area contributed by atoms with E-state index in [1.165, 1.54) is 11.0 Å². The standard InChI is InChI=1S/C21H25F2N5O3/c1-11-17-15(29)5-2-6-16(17)31-18(11)20(30)27-7-3-4-12(9-27)13-8-14(19(22)23)28-21(26-13)24-10-25-28/h10,12-14,19H,2-9H2,1H3,(H,24,25,26)/t12?,13-,14+/m0/s1. The van der Waals surface area contributed by atoms with Crippen molar-refractivity contribution in [2.75, 3.05) is 18.4 Å². The average molecular weight is 433 g/mol. The van der Waals surface area contributed by atoms with Gasteiger partial charge in [0.1, 0.15) is 18.1 Å². The molecule has 1 unspecified atom stereocenters. The Bertz CT molecular complexity index is 1020. The molecule has 1 fully saturated rings. The van der Waals surface area contributed by atoms with Gasteiger partial charge in [-0.15, -0.1) is 0 Å². The first-order chi connectivity index (χ1) is 14.9. The summed E-state index contributed by atoms with van der Waals surface area (Å²) in [6.45, 7) is 2.79. The van der Waals surface area contributed by atoms with Crippen LogP contribution in [0.4, 0.5) is 14.7 Å². The summed E-state index contributed by atoms with van der Waals surface area (Å²) in [7, 11) is 0. The van der Waals surface area contributed by atoms with Gasteiger partial charge in [-0.05, 0) is 38.5 Å². The maximum Gasteiger partial charge on any atom is 0.289 e. The van der Waals surface area contributed by atoms with Crippen LogP contribution in [0.15, 0.2) is 10.7 Å². The number of rotatable bonds is 3. The number of halogens is 2. The van der Waals surface area contributed by atoms with Gasteiger partial charge in [0.05, 0.1) is 5.56 Å². The molecule has 1 saturated heterocycles. The van der Waals surface area contributed by atoms with Gasteiger partial charge in [0.2, 0.25) is 5.95 Å². The van der Waals surface area contributed by atoms with Crippen LogP contribution in [-0.4, -0.2) is 56.9 Å². The van der Waals surface area contributed by atoms with E-state index in [0.717, 1.165) is 19.3 Å². The molecule has 1 aliphatic carbocycles. The molecule has 2 aliphatic heterocycles. The number of carbonyl (C=O) groups excluding carboxylic acids is 2. The van der Waals surface area contributed by atoms with Crippen LogP contribution in [0.25, 0.3) is 0 Å². The Balaban J connectivity index is 1.34. The van der Waals surface area contributed by atoms with Crippen LogP contribution in [0, 0.1) is 12.8 Å². The summed E-state index contributed by atoms with van der Waals surface area (Å²) in [5, 5.41) is 7.17. The van der Waals surface area contributed by atoms with Crippen molar-refractivity contribution < 1.29 is 22.8 Å². The maximum atomic E-state index is 13.6. The summed E-state index contributed by atoms with van der Waals surface area (Å²) in [6, 6.07) is -1.25. The van der Waals surface area contributed by atoms with Crippen LogP contribution in [-0.2, 0) is 6.42 Å². The number of aryl methyl sites for hydroxylation is 1. The Morgan fingerprint density at radius 3 is 2.94 bits per heavy atom. The zero-order valence-corrected chi connectivity index (χ0v) is 17.3. The maximum absolute atomic E-state index is 13.6. The van der Waals surface area contributed by atoms with E-state index in [1.807, 2.05) is 0 Å². The van der Waals surface area contributed by atoms with Gasteiger partial charge in [0, 0.05) is 37.5 Å². The highest BCUT2D eigenvalue weighted by Crippen LogP contribution is 2.36. The van der Waals surface area contributed by atoms with Crippen molar-refractivity contribution in [3.8, 4) is 0 Å². The zero-order chi connectivity index (χ0) is 21.7. The van der Waals surface area contributed by atoms with Gasteiger partial charge >= 0.3 is 0 Å². The highest BCUT2D eigenvalue weighted by molar-refractivity contribution is 6.03. The lowest BCUT2D eigenvalue weighted by Crippen LogP contribution is -2.48. The largest absolute Gasteiger partial charge is 0.455 e. The number of nitrogens with one attached hydrogen (secondary N) is 1. The van der Waals surface area contributed by atoms with Crippen LogP contribution in [0.2, 0.25) is 0 Å². The molecule has 8 nitrogen and oxygen atoms in total. The van der Waals surface area contributed by atoms with Crippen LogP contribution in [0.1, 0.15) is 70.4 Å². The first-order valence-electron chi connectivity index (χ1n) is 10.8. The lowest BCUT2D eigenvalue weighted by Gasteiger charge is -2.40. The summed E-state index contributed by atoms with van der Waals surface area (Å²) in [6.07, 6.45) is 2.46. The monoisotopic (exact) mass is 433 g/mol. The smallest absolute Gasteiger partial charge is 0.289 e. The van der Waals surface area contributed by atoms with Crippen LogP contribution in [0.5, 0.6) is 0 Å². The Kier molecular flexibility index (Phi) is 5.02. The summed E-state index contributed by atoms with van der Waals surface area (Å²) in [5.74, 6) is 1.01. The lowest BCUT2D eigenvalue weighted by atomic mass is 9.86. The predicted molar refractivity (Wildman–Crippen MR) is 106 cm³/mol. The number of alkyl halides is 2. The summed E-state index contributed by atoms with van der Waals surface area (Å²) < 4.78 is 34.3. The van der Waals surface area contributed by atoms with Crippen molar-refractivity contribution in [3.05, 3.63) is 29.0 Å². The van der Waals surface area contributed by atoms with Crippen molar-refractivity contribution >= 4 is 17.6 Å². The summed E-state index contributed by atoms with van der Waals surface area (Å²) >= 11 is 0. The number of anilines is 1. The Hall–Kier alpha value is -2.78. The highest BCUT2D eigenvalue weighted by Gasteiger charge is 2.40. The van der Waals surface area contributed by atoms with Crippen molar-refractivity contribution in [1.82, 2.24) is 19.7 Å². The SMILES string of the molecule is Cc1c(C(=O)N2CCCC([C@@H]3C[C@H](C(F)F)n4ncnc4N3)C2)oc2c1C(=O)CCC2. The number of likely N-dealkylation sites (tertiary alicyclic amines) is 1. The first kappa shape index (κ1) is 20.1. The number of amides is 1. The van der Waals surface area contributed by atoms with E-state index in [4.69, 9.17) is 4.42 Å². The number of Topliss-reactive ketones (excluding diaryl/α,β-unsaturated/α-hetero) is 1. The predicted octanol–water partition coefficient (Wildman–Crippen LogP) is 3.24. The van der Waals surface area contributed by atoms with E-state index in [9.17, 15) is 18.4 Å². The van der Waals surface area contributed by atoms with E-state index in [2.05, 4.69) is 15.4 Å². The molecule has 1 amide bonds. The fourth-order valence-electron chi connectivity index (χ4n) is 5.22. The van der Waals surface area contributed by atoms with Gasteiger partial charge in [-0.2, -0.15) is 10.1 Å². The second-order valence-corrected chi connectivity index (χ2v) is 8.70. The molecule has 1 N–H and O–H groups in total. The minimum atomic E-state index is -2.54. The van der Waals surface area contributed by atoms with Gasteiger partial charge < -0.3 is 14.6 Å². The molecule has 0 spiro atoms. The topological polar surface area (TPSA) is 93.3 Å². The van der Waals surface area contributed by atoms with Crippen LogP contribution in [0.3, 0.4) is 0 Å². The molecule has 5 rings (SSSR count). The molecule has 4 heterocycles. The van der Waals surface area contributed by atoms with Gasteiger partial charge in [-0.3, -0.25) is 9.59 Å². The molecule has 0 radical (unpaired) electrons. The zero-order valence-electron chi connectivity index (χ0n) is 17.3. The number of aromatic nitrogens is 3. The molecule has 2 aromatic rings. The molecule has 166 valence electrons. The number of hydrogen-bond acceptors (Lipinski definition) is 6. The first-order valence-corrected chi connectivity index (χ1v) is 10.8. The quantitative estimate of drug-likeness (QED) is 0.799. The number of piperidine rings is 1. The molecule has 10 heteroatoms. The van der Waals surface area contributed by atoms with Crippen molar-refractivity contribution in [1.29, 1.82) is 0 Å². The molecular weight excluding hydrogens is 408 g/mol. The number of nitrogens with zero attached hydrogens (tertiary/aromatic N) is 4. The number of ketones is 1. The molecule has 0 bridgehead atoms. The number of carbonyl (C=O) groups is 2. The molecule has 31 heavy (non-hydrogen) atoms. The number of fused-ring (bicyclic) bond motifs is 2. The van der Waals surface area contributed by atoms with E-state index in [1.54, 1.807) is 11.8 Å². The highest BCUT2D eigenvalue weighted by atomic mass is 19.3. The van der Waals surface area contributed by atoms with E-state index < -0.39 is 12.5 Å². The third kappa shape index (κ3) is 3.41. The Morgan fingerprint density at radius 1 is 1.32 bits per heavy atom. The van der Waals surface area contributed by atoms with Crippen molar-refractivity contribution in [2.24, 2.45) is 5.92 Å². The molecule has 2 aromatic heterocycles. The normalized spacial score (nSPS) is 25.9. The number of hydrogen-bond donors (Lipinski definition) is 1. The van der Waals surface area contributed by atoms with Crippen molar-refractivity contribution in [3.63, 3.8) is 0 Å². The second-order valence-electron chi connectivity index (χ2n) is 8.70.